The first-order valence-corrected chi connectivity index (χ1v) is 7.48. The van der Waals surface area contributed by atoms with E-state index in [9.17, 15) is 14.7 Å². The monoisotopic (exact) mass is 347 g/mol. The lowest BCUT2D eigenvalue weighted by atomic mass is 9.99. The number of carboxylic acid groups (broad SMARTS) is 1. The Morgan fingerprint density at radius 2 is 1.95 bits per heavy atom. The predicted octanol–water partition coefficient (Wildman–Crippen LogP) is 3.76. The molecule has 1 aromatic rings. The molecule has 2 N–H and O–H groups in total. The van der Waals surface area contributed by atoms with Gasteiger partial charge in [0.15, 0.2) is 0 Å². The highest BCUT2D eigenvalue weighted by Crippen LogP contribution is 2.27. The van der Waals surface area contributed by atoms with Gasteiger partial charge < -0.3 is 15.2 Å². The normalized spacial score (nSPS) is 12.6. The lowest BCUT2D eigenvalue weighted by molar-refractivity contribution is -0.141. The SMILES string of the molecule is CC(C)(C)OC(=O)NC[C@H](Cc1cccc(Cl)c1Cl)C(=O)O. The first-order chi connectivity index (χ1) is 10.1. The Morgan fingerprint density at radius 3 is 2.50 bits per heavy atom. The molecule has 0 unspecified atom stereocenters. The summed E-state index contributed by atoms with van der Waals surface area (Å²) in [7, 11) is 0. The lowest BCUT2D eigenvalue weighted by Gasteiger charge is -2.21. The quantitative estimate of drug-likeness (QED) is 0.850. The van der Waals surface area contributed by atoms with Gasteiger partial charge >= 0.3 is 12.1 Å². The highest BCUT2D eigenvalue weighted by molar-refractivity contribution is 6.42. The minimum atomic E-state index is -1.04. The van der Waals surface area contributed by atoms with Gasteiger partial charge in [0.05, 0.1) is 16.0 Å². The van der Waals surface area contributed by atoms with E-state index >= 15 is 0 Å². The van der Waals surface area contributed by atoms with E-state index in [1.165, 1.54) is 0 Å². The Labute approximate surface area is 139 Å². The predicted molar refractivity (Wildman–Crippen MR) is 85.5 cm³/mol. The van der Waals surface area contributed by atoms with E-state index in [2.05, 4.69) is 5.32 Å². The molecule has 1 rings (SSSR count). The van der Waals surface area contributed by atoms with Crippen molar-refractivity contribution in [2.24, 2.45) is 5.92 Å². The third-order valence-corrected chi connectivity index (χ3v) is 3.60. The number of nitrogens with one attached hydrogen (secondary N) is 1. The van der Waals surface area contributed by atoms with E-state index < -0.39 is 23.6 Å². The number of rotatable bonds is 5. The minimum absolute atomic E-state index is 0.0624. The van der Waals surface area contributed by atoms with Crippen LogP contribution in [0.3, 0.4) is 0 Å². The molecule has 22 heavy (non-hydrogen) atoms. The van der Waals surface area contributed by atoms with E-state index in [0.29, 0.717) is 15.6 Å². The van der Waals surface area contributed by atoms with Gasteiger partial charge in [-0.2, -0.15) is 0 Å². The molecule has 0 saturated heterocycles. The number of carbonyl (C=O) groups excluding carboxylic acids is 1. The van der Waals surface area contributed by atoms with Crippen molar-refractivity contribution in [2.75, 3.05) is 6.54 Å². The second-order valence-electron chi connectivity index (χ2n) is 5.84. The summed E-state index contributed by atoms with van der Waals surface area (Å²) in [4.78, 5) is 22.9. The Kier molecular flexibility index (Phi) is 6.50. The average molecular weight is 348 g/mol. The van der Waals surface area contributed by atoms with Crippen molar-refractivity contribution in [1.82, 2.24) is 5.32 Å². The molecule has 0 aliphatic carbocycles. The van der Waals surface area contributed by atoms with Crippen LogP contribution in [0.15, 0.2) is 18.2 Å². The number of hydrogen-bond donors (Lipinski definition) is 2. The Bertz CT molecular complexity index is 555. The summed E-state index contributed by atoms with van der Waals surface area (Å²) in [5.74, 6) is -1.87. The summed E-state index contributed by atoms with van der Waals surface area (Å²) in [6.45, 7) is 5.13. The molecule has 0 spiro atoms. The van der Waals surface area contributed by atoms with Gasteiger partial charge in [-0.15, -0.1) is 0 Å². The van der Waals surface area contributed by atoms with E-state index in [-0.39, 0.29) is 13.0 Å². The zero-order valence-electron chi connectivity index (χ0n) is 12.7. The van der Waals surface area contributed by atoms with Gasteiger partial charge in [0.1, 0.15) is 5.60 Å². The number of hydrogen-bond acceptors (Lipinski definition) is 3. The first kappa shape index (κ1) is 18.6. The molecule has 1 aromatic carbocycles. The third-order valence-electron chi connectivity index (χ3n) is 2.74. The van der Waals surface area contributed by atoms with Crippen molar-refractivity contribution in [1.29, 1.82) is 0 Å². The van der Waals surface area contributed by atoms with Gasteiger partial charge in [-0.25, -0.2) is 4.79 Å². The van der Waals surface area contributed by atoms with Crippen molar-refractivity contribution in [2.45, 2.75) is 32.8 Å². The molecule has 0 heterocycles. The summed E-state index contributed by atoms with van der Waals surface area (Å²) in [6.07, 6.45) is -0.499. The van der Waals surface area contributed by atoms with Crippen LogP contribution in [-0.4, -0.2) is 29.3 Å². The zero-order valence-corrected chi connectivity index (χ0v) is 14.2. The summed E-state index contributed by atoms with van der Waals surface area (Å²) in [5, 5.41) is 12.4. The Hall–Kier alpha value is -1.46. The largest absolute Gasteiger partial charge is 0.481 e. The van der Waals surface area contributed by atoms with Gasteiger partial charge in [0.2, 0.25) is 0 Å². The number of benzene rings is 1. The van der Waals surface area contributed by atoms with E-state index in [1.54, 1.807) is 39.0 Å². The molecule has 0 aliphatic rings. The molecule has 0 bridgehead atoms. The van der Waals surface area contributed by atoms with Gasteiger partial charge in [-0.1, -0.05) is 35.3 Å². The topological polar surface area (TPSA) is 75.6 Å². The Morgan fingerprint density at radius 1 is 1.32 bits per heavy atom. The fourth-order valence-corrected chi connectivity index (χ4v) is 2.14. The minimum Gasteiger partial charge on any atom is -0.481 e. The summed E-state index contributed by atoms with van der Waals surface area (Å²) in [5.41, 5.74) is -0.0217. The number of aliphatic carboxylic acids is 1. The molecule has 122 valence electrons. The van der Waals surface area contributed by atoms with Gasteiger partial charge in [0, 0.05) is 6.54 Å². The first-order valence-electron chi connectivity index (χ1n) is 6.72. The number of carboxylic acids is 1. The number of alkyl carbamates (subject to hydrolysis) is 1. The van der Waals surface area contributed by atoms with Crippen LogP contribution in [0, 0.1) is 5.92 Å². The second kappa shape index (κ2) is 7.70. The molecular formula is C15H19Cl2NO4. The number of ether oxygens (including phenoxy) is 1. The lowest BCUT2D eigenvalue weighted by Crippen LogP contribution is -2.37. The average Bonchev–Trinajstić information content (AvgIpc) is 2.36. The molecular weight excluding hydrogens is 329 g/mol. The molecule has 0 fully saturated rings. The van der Waals surface area contributed by atoms with Crippen LogP contribution in [0.5, 0.6) is 0 Å². The molecule has 0 saturated carbocycles. The number of carbonyl (C=O) groups is 2. The molecule has 0 radical (unpaired) electrons. The van der Waals surface area contributed by atoms with Crippen LogP contribution < -0.4 is 5.32 Å². The molecule has 7 heteroatoms. The standard InChI is InChI=1S/C15H19Cl2NO4/c1-15(2,3)22-14(21)18-8-10(13(19)20)7-9-5-4-6-11(16)12(9)17/h4-6,10H,7-8H2,1-3H3,(H,18,21)(H,19,20)/t10-/m0/s1. The van der Waals surface area contributed by atoms with Crippen LogP contribution in [0.4, 0.5) is 4.79 Å². The summed E-state index contributed by atoms with van der Waals surface area (Å²) < 4.78 is 5.07. The van der Waals surface area contributed by atoms with Crippen LogP contribution in [0.1, 0.15) is 26.3 Å². The van der Waals surface area contributed by atoms with E-state index in [0.717, 1.165) is 0 Å². The fraction of sp³-hybridized carbons (Fsp3) is 0.467. The maximum absolute atomic E-state index is 11.6. The van der Waals surface area contributed by atoms with Crippen molar-refractivity contribution >= 4 is 35.3 Å². The molecule has 1 amide bonds. The fourth-order valence-electron chi connectivity index (χ4n) is 1.74. The maximum atomic E-state index is 11.6. The Balaban J connectivity index is 2.69. The van der Waals surface area contributed by atoms with Gasteiger partial charge in [-0.3, -0.25) is 4.79 Å². The molecule has 1 atom stereocenters. The summed E-state index contributed by atoms with van der Waals surface area (Å²) >= 11 is 12.0. The van der Waals surface area contributed by atoms with Gasteiger partial charge in [-0.05, 0) is 38.8 Å². The van der Waals surface area contributed by atoms with E-state index in [4.69, 9.17) is 27.9 Å². The highest BCUT2D eigenvalue weighted by atomic mass is 35.5. The van der Waals surface area contributed by atoms with Crippen LogP contribution in [0.2, 0.25) is 10.0 Å². The number of halogens is 2. The maximum Gasteiger partial charge on any atom is 0.407 e. The molecule has 0 aromatic heterocycles. The number of amides is 1. The second-order valence-corrected chi connectivity index (χ2v) is 6.62. The van der Waals surface area contributed by atoms with Crippen molar-refractivity contribution in [3.8, 4) is 0 Å². The van der Waals surface area contributed by atoms with Crippen LogP contribution >= 0.6 is 23.2 Å². The van der Waals surface area contributed by atoms with Gasteiger partial charge in [0.25, 0.3) is 0 Å². The van der Waals surface area contributed by atoms with Crippen molar-refractivity contribution in [3.05, 3.63) is 33.8 Å². The molecule has 5 nitrogen and oxygen atoms in total. The third kappa shape index (κ3) is 6.12. The van der Waals surface area contributed by atoms with Crippen molar-refractivity contribution in [3.63, 3.8) is 0 Å². The zero-order chi connectivity index (χ0) is 16.9. The van der Waals surface area contributed by atoms with Crippen LogP contribution in [0.25, 0.3) is 0 Å². The van der Waals surface area contributed by atoms with Crippen LogP contribution in [-0.2, 0) is 16.0 Å². The highest BCUT2D eigenvalue weighted by Gasteiger charge is 2.22. The smallest absolute Gasteiger partial charge is 0.407 e. The summed E-state index contributed by atoms with van der Waals surface area (Å²) in [6, 6.07) is 5.03. The molecule has 0 aliphatic heterocycles. The van der Waals surface area contributed by atoms with E-state index in [1.807, 2.05) is 0 Å². The van der Waals surface area contributed by atoms with Crippen molar-refractivity contribution < 1.29 is 19.4 Å².